The third-order valence-electron chi connectivity index (χ3n) is 2.40. The third kappa shape index (κ3) is 2.78. The fourth-order valence-corrected chi connectivity index (χ4v) is 1.97. The summed E-state index contributed by atoms with van der Waals surface area (Å²) in [5, 5.41) is 4.80. The lowest BCUT2D eigenvalue weighted by Gasteiger charge is -2.12. The molecule has 2 aromatic rings. The number of rotatable bonds is 3. The highest BCUT2D eigenvalue weighted by Gasteiger charge is 2.09. The molecular formula is C12H14N4OS. The normalized spacial score (nSPS) is 10.1. The molecule has 0 radical (unpaired) electrons. The summed E-state index contributed by atoms with van der Waals surface area (Å²) < 4.78 is 0. The van der Waals surface area contributed by atoms with Gasteiger partial charge in [-0.25, -0.2) is 4.98 Å². The number of nitrogen functional groups attached to an aromatic ring is 1. The van der Waals surface area contributed by atoms with E-state index in [2.05, 4.69) is 10.3 Å². The number of hydrogen-bond acceptors (Lipinski definition) is 5. The van der Waals surface area contributed by atoms with Crippen molar-refractivity contribution in [1.29, 1.82) is 0 Å². The van der Waals surface area contributed by atoms with Crippen LogP contribution in [0.2, 0.25) is 0 Å². The number of hydrogen-bond donors (Lipinski definition) is 2. The third-order valence-corrected chi connectivity index (χ3v) is 3.07. The van der Waals surface area contributed by atoms with E-state index in [1.165, 1.54) is 11.3 Å². The summed E-state index contributed by atoms with van der Waals surface area (Å²) in [7, 11) is 3.93. The maximum atomic E-state index is 11.8. The fourth-order valence-electron chi connectivity index (χ4n) is 1.43. The zero-order valence-electron chi connectivity index (χ0n) is 10.2. The van der Waals surface area contributed by atoms with Crippen LogP contribution in [-0.4, -0.2) is 25.0 Å². The highest BCUT2D eigenvalue weighted by molar-refractivity contribution is 7.13. The van der Waals surface area contributed by atoms with Crippen LogP contribution in [0.1, 0.15) is 10.5 Å². The minimum absolute atomic E-state index is 0.249. The van der Waals surface area contributed by atoms with Gasteiger partial charge in [0.1, 0.15) is 5.69 Å². The average Bonchev–Trinajstić information content (AvgIpc) is 2.76. The topological polar surface area (TPSA) is 71.2 Å². The van der Waals surface area contributed by atoms with Crippen molar-refractivity contribution >= 4 is 33.8 Å². The summed E-state index contributed by atoms with van der Waals surface area (Å²) in [5.74, 6) is -0.249. The van der Waals surface area contributed by atoms with Crippen molar-refractivity contribution in [2.75, 3.05) is 30.0 Å². The number of nitrogens with two attached hydrogens (primary N) is 1. The van der Waals surface area contributed by atoms with Crippen molar-refractivity contribution < 1.29 is 4.79 Å². The molecular weight excluding hydrogens is 248 g/mol. The van der Waals surface area contributed by atoms with Crippen LogP contribution in [-0.2, 0) is 0 Å². The number of amides is 1. The molecule has 0 spiro atoms. The first-order valence-corrected chi connectivity index (χ1v) is 6.24. The summed E-state index contributed by atoms with van der Waals surface area (Å²) in [6.07, 6.45) is 0. The van der Waals surface area contributed by atoms with E-state index in [4.69, 9.17) is 5.73 Å². The zero-order valence-corrected chi connectivity index (χ0v) is 11.0. The van der Waals surface area contributed by atoms with Gasteiger partial charge in [-0.15, -0.1) is 11.3 Å². The zero-order chi connectivity index (χ0) is 13.1. The Morgan fingerprint density at radius 3 is 2.50 bits per heavy atom. The van der Waals surface area contributed by atoms with Crippen LogP contribution in [0.3, 0.4) is 0 Å². The molecule has 94 valence electrons. The Balaban J connectivity index is 2.07. The molecule has 0 aliphatic heterocycles. The number of nitrogens with zero attached hydrogens (tertiary/aromatic N) is 2. The SMILES string of the molecule is CN(C)c1ccc(NC(=O)c2csc(N)n2)cc1. The van der Waals surface area contributed by atoms with E-state index in [1.54, 1.807) is 5.38 Å². The highest BCUT2D eigenvalue weighted by Crippen LogP contribution is 2.17. The van der Waals surface area contributed by atoms with Gasteiger partial charge >= 0.3 is 0 Å². The lowest BCUT2D eigenvalue weighted by Crippen LogP contribution is -2.13. The van der Waals surface area contributed by atoms with E-state index in [1.807, 2.05) is 43.3 Å². The quantitative estimate of drug-likeness (QED) is 0.888. The van der Waals surface area contributed by atoms with Crippen molar-refractivity contribution in [1.82, 2.24) is 4.98 Å². The molecule has 1 aromatic carbocycles. The van der Waals surface area contributed by atoms with Crippen LogP contribution in [0, 0.1) is 0 Å². The Morgan fingerprint density at radius 2 is 2.00 bits per heavy atom. The molecule has 0 aliphatic carbocycles. The van der Waals surface area contributed by atoms with Crippen LogP contribution < -0.4 is 16.0 Å². The van der Waals surface area contributed by atoms with E-state index in [0.717, 1.165) is 11.4 Å². The monoisotopic (exact) mass is 262 g/mol. The number of anilines is 3. The smallest absolute Gasteiger partial charge is 0.275 e. The van der Waals surface area contributed by atoms with Crippen LogP contribution in [0.4, 0.5) is 16.5 Å². The Hall–Kier alpha value is -2.08. The lowest BCUT2D eigenvalue weighted by molar-refractivity contribution is 0.102. The predicted octanol–water partition coefficient (Wildman–Crippen LogP) is 2.04. The number of aromatic nitrogens is 1. The first-order chi connectivity index (χ1) is 8.56. The van der Waals surface area contributed by atoms with Gasteiger partial charge < -0.3 is 16.0 Å². The molecule has 18 heavy (non-hydrogen) atoms. The second-order valence-corrected chi connectivity index (χ2v) is 4.86. The Morgan fingerprint density at radius 1 is 1.33 bits per heavy atom. The maximum absolute atomic E-state index is 11.8. The number of nitrogens with one attached hydrogen (secondary N) is 1. The Labute approximate surface area is 109 Å². The van der Waals surface area contributed by atoms with Crippen LogP contribution in [0.15, 0.2) is 29.6 Å². The van der Waals surface area contributed by atoms with Gasteiger partial charge in [0.05, 0.1) is 0 Å². The lowest BCUT2D eigenvalue weighted by atomic mass is 10.2. The number of carbonyl (C=O) groups excluding carboxylic acids is 1. The molecule has 1 heterocycles. The maximum Gasteiger partial charge on any atom is 0.275 e. The van der Waals surface area contributed by atoms with Gasteiger partial charge in [-0.3, -0.25) is 4.79 Å². The standard InChI is InChI=1S/C12H14N4OS/c1-16(2)9-5-3-8(4-6-9)14-11(17)10-7-18-12(13)15-10/h3-7H,1-2H3,(H2,13,15)(H,14,17). The summed E-state index contributed by atoms with van der Waals surface area (Å²) in [6, 6.07) is 7.57. The van der Waals surface area contributed by atoms with Crippen LogP contribution in [0.5, 0.6) is 0 Å². The predicted molar refractivity (Wildman–Crippen MR) is 75.2 cm³/mol. The molecule has 0 saturated carbocycles. The largest absolute Gasteiger partial charge is 0.378 e. The second-order valence-electron chi connectivity index (χ2n) is 3.97. The van der Waals surface area contributed by atoms with Gasteiger partial charge in [0.2, 0.25) is 0 Å². The number of carbonyl (C=O) groups is 1. The summed E-state index contributed by atoms with van der Waals surface area (Å²) >= 11 is 1.25. The van der Waals surface area contributed by atoms with Crippen molar-refractivity contribution in [3.05, 3.63) is 35.3 Å². The summed E-state index contributed by atoms with van der Waals surface area (Å²) in [5.41, 5.74) is 7.64. The molecule has 0 fully saturated rings. The van der Waals surface area contributed by atoms with E-state index >= 15 is 0 Å². The molecule has 1 aromatic heterocycles. The average molecular weight is 262 g/mol. The first-order valence-electron chi connectivity index (χ1n) is 5.36. The molecule has 0 aliphatic rings. The second kappa shape index (κ2) is 5.05. The van der Waals surface area contributed by atoms with E-state index in [-0.39, 0.29) is 5.91 Å². The van der Waals surface area contributed by atoms with Gasteiger partial charge in [-0.2, -0.15) is 0 Å². The highest BCUT2D eigenvalue weighted by atomic mass is 32.1. The van der Waals surface area contributed by atoms with Crippen molar-refractivity contribution in [3.63, 3.8) is 0 Å². The summed E-state index contributed by atoms with van der Waals surface area (Å²) in [4.78, 5) is 17.7. The van der Waals surface area contributed by atoms with Crippen molar-refractivity contribution in [2.45, 2.75) is 0 Å². The molecule has 2 rings (SSSR count). The minimum atomic E-state index is -0.249. The van der Waals surface area contributed by atoms with E-state index < -0.39 is 0 Å². The number of thiazole rings is 1. The van der Waals surface area contributed by atoms with Gasteiger partial charge in [0.15, 0.2) is 5.13 Å². The Bertz CT molecular complexity index is 547. The summed E-state index contributed by atoms with van der Waals surface area (Å²) in [6.45, 7) is 0. The van der Waals surface area contributed by atoms with Gasteiger partial charge in [0.25, 0.3) is 5.91 Å². The van der Waals surface area contributed by atoms with Gasteiger partial charge in [0, 0.05) is 30.9 Å². The first kappa shape index (κ1) is 12.4. The van der Waals surface area contributed by atoms with E-state index in [0.29, 0.717) is 10.8 Å². The molecule has 5 nitrogen and oxygen atoms in total. The molecule has 1 amide bonds. The van der Waals surface area contributed by atoms with Crippen molar-refractivity contribution in [2.24, 2.45) is 0 Å². The molecule has 3 N–H and O–H groups in total. The number of benzene rings is 1. The molecule has 0 atom stereocenters. The molecule has 0 unspecified atom stereocenters. The fraction of sp³-hybridized carbons (Fsp3) is 0.167. The van der Waals surface area contributed by atoms with Crippen LogP contribution in [0.25, 0.3) is 0 Å². The molecule has 0 bridgehead atoms. The Kier molecular flexibility index (Phi) is 3.47. The van der Waals surface area contributed by atoms with Crippen molar-refractivity contribution in [3.8, 4) is 0 Å². The van der Waals surface area contributed by atoms with Gasteiger partial charge in [-0.05, 0) is 24.3 Å². The van der Waals surface area contributed by atoms with Crippen LogP contribution >= 0.6 is 11.3 Å². The molecule has 0 saturated heterocycles. The van der Waals surface area contributed by atoms with E-state index in [9.17, 15) is 4.79 Å². The van der Waals surface area contributed by atoms with Gasteiger partial charge in [-0.1, -0.05) is 0 Å². The molecule has 6 heteroatoms. The minimum Gasteiger partial charge on any atom is -0.378 e.